The average Bonchev–Trinajstić information content (AvgIpc) is 3.81. The number of carbonyl (C=O) groups excluding carboxylic acids is 3. The molecule has 0 fully saturated rings. The number of ether oxygens (including phenoxy) is 2. The molecule has 4 heterocycles. The van der Waals surface area contributed by atoms with E-state index in [-0.39, 0.29) is 24.8 Å². The van der Waals surface area contributed by atoms with Crippen molar-refractivity contribution >= 4 is 53.5 Å². The number of nitrogens with zero attached hydrogens (tertiary/aromatic N) is 6. The van der Waals surface area contributed by atoms with E-state index in [1.165, 1.54) is 10.4 Å². The fourth-order valence-electron chi connectivity index (χ4n) is 9.82. The number of esters is 1. The van der Waals surface area contributed by atoms with E-state index >= 15 is 0 Å². The van der Waals surface area contributed by atoms with Gasteiger partial charge < -0.3 is 29.5 Å². The second-order valence-corrected chi connectivity index (χ2v) is 22.9. The number of hydrogen-bond acceptors (Lipinski definition) is 9. The van der Waals surface area contributed by atoms with Gasteiger partial charge in [-0.3, -0.25) is 4.79 Å². The molecule has 5 aromatic carbocycles. The van der Waals surface area contributed by atoms with Crippen LogP contribution in [0, 0.1) is 0 Å². The van der Waals surface area contributed by atoms with E-state index in [0.717, 1.165) is 74.3 Å². The number of carbonyl (C=O) groups is 3. The Kier molecular flexibility index (Phi) is 10.7. The minimum Gasteiger partial charge on any atom is -0.444 e. The summed E-state index contributed by atoms with van der Waals surface area (Å²) in [5, 5.41) is 15.0. The van der Waals surface area contributed by atoms with Crippen molar-refractivity contribution in [1.82, 2.24) is 20.3 Å². The standard InChI is InChI=1S/C51H55N7O5Si/c1-50(2,3)63-49(61)52-27-26-45(59)57-32-33-16-9-10-17-36(33)46-47(38-19-12-14-21-42(38)57)58(54-53-46)28-15-29-64(8)43-30-34(55(4)5)22-24-40(43)51(39-20-13-11-18-37(39)48(60)62-51)41-25-23-35(56(6)7)31-44(41)64/h9-14,16-25,30-31H,15,26-29,32H2,1-8H3,(H,52,61). The number of benzene rings is 5. The van der Waals surface area contributed by atoms with Gasteiger partial charge in [-0.15, -0.1) is 5.10 Å². The van der Waals surface area contributed by atoms with Gasteiger partial charge in [0.2, 0.25) is 5.91 Å². The molecule has 12 nitrogen and oxygen atoms in total. The van der Waals surface area contributed by atoms with E-state index in [4.69, 9.17) is 19.8 Å². The Morgan fingerprint density at radius 3 is 2.08 bits per heavy atom. The number of aryl methyl sites for hydroxylation is 1. The van der Waals surface area contributed by atoms with E-state index in [0.29, 0.717) is 18.7 Å². The fraction of sp³-hybridized carbons (Fsp3) is 0.314. The first kappa shape index (κ1) is 42.6. The molecule has 328 valence electrons. The van der Waals surface area contributed by atoms with Crippen LogP contribution in [0.3, 0.4) is 0 Å². The predicted molar refractivity (Wildman–Crippen MR) is 255 cm³/mol. The van der Waals surface area contributed by atoms with Crippen molar-refractivity contribution in [3.8, 4) is 22.5 Å². The van der Waals surface area contributed by atoms with Crippen molar-refractivity contribution in [3.05, 3.63) is 137 Å². The maximum absolute atomic E-state index is 14.2. The highest BCUT2D eigenvalue weighted by Gasteiger charge is 2.57. The number of fused-ring (bicyclic) bond motifs is 11. The monoisotopic (exact) mass is 873 g/mol. The minimum atomic E-state index is -2.64. The van der Waals surface area contributed by atoms with Crippen LogP contribution in [-0.4, -0.2) is 81.4 Å². The molecule has 1 spiro atoms. The quantitative estimate of drug-likeness (QED) is 0.116. The second kappa shape index (κ2) is 16.1. The lowest BCUT2D eigenvalue weighted by atomic mass is 9.79. The third kappa shape index (κ3) is 7.21. The normalized spacial score (nSPS) is 18.0. The van der Waals surface area contributed by atoms with Gasteiger partial charge >= 0.3 is 12.1 Å². The van der Waals surface area contributed by atoms with Crippen molar-refractivity contribution in [2.75, 3.05) is 49.4 Å². The van der Waals surface area contributed by atoms with E-state index in [1.54, 1.807) is 0 Å². The van der Waals surface area contributed by atoms with E-state index in [1.807, 2.05) is 103 Å². The molecule has 0 unspecified atom stereocenters. The van der Waals surface area contributed by atoms with Crippen LogP contribution in [0.4, 0.5) is 21.9 Å². The first-order valence-corrected chi connectivity index (χ1v) is 24.7. The van der Waals surface area contributed by atoms with Crippen LogP contribution >= 0.6 is 0 Å². The van der Waals surface area contributed by atoms with Gasteiger partial charge in [-0.1, -0.05) is 84.6 Å². The highest BCUT2D eigenvalue weighted by molar-refractivity contribution is 7.02. The Bertz CT molecular complexity index is 2770. The summed E-state index contributed by atoms with van der Waals surface area (Å²) in [7, 11) is 5.60. The molecule has 0 atom stereocenters. The lowest BCUT2D eigenvalue weighted by Crippen LogP contribution is -2.65. The summed E-state index contributed by atoms with van der Waals surface area (Å²) in [5.74, 6) is -0.440. The third-order valence-electron chi connectivity index (χ3n) is 12.9. The molecule has 3 aliphatic rings. The Morgan fingerprint density at radius 2 is 1.42 bits per heavy atom. The summed E-state index contributed by atoms with van der Waals surface area (Å²) in [6, 6.07) is 38.0. The molecule has 0 bridgehead atoms. The van der Waals surface area contributed by atoms with Gasteiger partial charge in [-0.05, 0) is 85.6 Å². The summed E-state index contributed by atoms with van der Waals surface area (Å²) in [4.78, 5) is 46.5. The first-order valence-electron chi connectivity index (χ1n) is 22.0. The third-order valence-corrected chi connectivity index (χ3v) is 17.5. The number of rotatable bonds is 9. The number of alkyl carbamates (subject to hydrolysis) is 1. The van der Waals surface area contributed by atoms with E-state index in [2.05, 4.69) is 86.3 Å². The number of anilines is 3. The zero-order chi connectivity index (χ0) is 45.1. The van der Waals surface area contributed by atoms with Gasteiger partial charge in [0.15, 0.2) is 5.60 Å². The average molecular weight is 874 g/mol. The Labute approximate surface area is 375 Å². The van der Waals surface area contributed by atoms with Crippen molar-refractivity contribution < 1.29 is 23.9 Å². The van der Waals surface area contributed by atoms with Crippen molar-refractivity contribution in [1.29, 1.82) is 0 Å². The number of aromatic nitrogens is 3. The zero-order valence-corrected chi connectivity index (χ0v) is 38.9. The molecule has 0 saturated carbocycles. The van der Waals surface area contributed by atoms with Crippen molar-refractivity contribution in [2.24, 2.45) is 0 Å². The summed E-state index contributed by atoms with van der Waals surface area (Å²) in [5.41, 5.74) is 9.08. The molecule has 1 aromatic heterocycles. The van der Waals surface area contributed by atoms with Crippen LogP contribution in [0.15, 0.2) is 109 Å². The molecule has 2 amide bonds. The lowest BCUT2D eigenvalue weighted by Gasteiger charge is -2.46. The molecule has 9 rings (SSSR count). The van der Waals surface area contributed by atoms with Crippen molar-refractivity contribution in [2.45, 2.75) is 70.5 Å². The molecular weight excluding hydrogens is 819 g/mol. The Balaban J connectivity index is 1.10. The number of hydrogen-bond donors (Lipinski definition) is 1. The van der Waals surface area contributed by atoms with Gasteiger partial charge in [-0.25, -0.2) is 14.3 Å². The molecular formula is C51H55N7O5Si. The second-order valence-electron chi connectivity index (χ2n) is 18.6. The van der Waals surface area contributed by atoms with Gasteiger partial charge in [-0.2, -0.15) is 0 Å². The number of para-hydroxylation sites is 1. The largest absolute Gasteiger partial charge is 0.444 e. The van der Waals surface area contributed by atoms with Crippen LogP contribution in [0.1, 0.15) is 66.2 Å². The first-order chi connectivity index (χ1) is 30.6. The van der Waals surface area contributed by atoms with Crippen LogP contribution in [0.5, 0.6) is 0 Å². The van der Waals surface area contributed by atoms with E-state index < -0.39 is 25.4 Å². The molecule has 0 saturated heterocycles. The minimum absolute atomic E-state index is 0.0867. The molecule has 6 aromatic rings. The summed E-state index contributed by atoms with van der Waals surface area (Å²) in [6.07, 6.45) is 0.310. The maximum atomic E-state index is 14.2. The molecule has 0 aliphatic carbocycles. The lowest BCUT2D eigenvalue weighted by molar-refractivity contribution is -0.118. The van der Waals surface area contributed by atoms with E-state index in [9.17, 15) is 14.4 Å². The number of amides is 2. The van der Waals surface area contributed by atoms with Crippen molar-refractivity contribution in [3.63, 3.8) is 0 Å². The molecule has 3 aliphatic heterocycles. The van der Waals surface area contributed by atoms with Gasteiger partial charge in [0.05, 0.1) is 23.5 Å². The Hall–Kier alpha value is -6.73. The molecule has 1 N–H and O–H groups in total. The van der Waals surface area contributed by atoms with Crippen LogP contribution in [-0.2, 0) is 33.0 Å². The van der Waals surface area contributed by atoms with Gasteiger partial charge in [0.1, 0.15) is 19.4 Å². The highest BCUT2D eigenvalue weighted by atomic mass is 28.3. The smallest absolute Gasteiger partial charge is 0.407 e. The zero-order valence-electron chi connectivity index (χ0n) is 37.9. The van der Waals surface area contributed by atoms with Gasteiger partial charge in [0.25, 0.3) is 0 Å². The number of nitrogens with one attached hydrogen (secondary N) is 1. The molecule has 0 radical (unpaired) electrons. The summed E-state index contributed by atoms with van der Waals surface area (Å²) >= 11 is 0. The summed E-state index contributed by atoms with van der Waals surface area (Å²) in [6.45, 7) is 8.92. The SMILES string of the molecule is CN(C)c1ccc2c(c1)[Si](C)(CCCn1nnc3c1-c1ccccc1N(C(=O)CCNC(=O)OC(C)(C)C)Cc1ccccc1-3)c1cc(N(C)C)ccc1C21OC(=O)c2ccccc21. The molecule has 13 heteroatoms. The summed E-state index contributed by atoms with van der Waals surface area (Å²) < 4.78 is 14.1. The maximum Gasteiger partial charge on any atom is 0.407 e. The van der Waals surface area contributed by atoms with Crippen LogP contribution in [0.2, 0.25) is 12.6 Å². The highest BCUT2D eigenvalue weighted by Crippen LogP contribution is 2.50. The molecule has 64 heavy (non-hydrogen) atoms. The predicted octanol–water partition coefficient (Wildman–Crippen LogP) is 7.56. The van der Waals surface area contributed by atoms with Gasteiger partial charge in [0, 0.05) is 86.9 Å². The van der Waals surface area contributed by atoms with Crippen LogP contribution in [0.25, 0.3) is 22.5 Å². The Morgan fingerprint density at radius 1 is 0.812 bits per heavy atom. The fourth-order valence-corrected chi connectivity index (χ4v) is 14.2. The topological polar surface area (TPSA) is 122 Å². The van der Waals surface area contributed by atoms with Crippen LogP contribution < -0.4 is 30.4 Å².